The topological polar surface area (TPSA) is 42.7 Å². The van der Waals surface area contributed by atoms with Crippen molar-refractivity contribution in [1.29, 1.82) is 0 Å². The molecule has 0 amide bonds. The number of alkyl halides is 3. The Morgan fingerprint density at radius 1 is 1.42 bits per heavy atom. The van der Waals surface area contributed by atoms with E-state index in [1.165, 1.54) is 12.4 Å². The SMILES string of the molecule is CNCc1cnc(-n2ccc(C(F)(F)F)n2)c(Cl)c1. The molecule has 8 heteroatoms. The first-order valence-electron chi connectivity index (χ1n) is 5.34. The van der Waals surface area contributed by atoms with Crippen molar-refractivity contribution < 1.29 is 13.2 Å². The summed E-state index contributed by atoms with van der Waals surface area (Å²) in [7, 11) is 1.77. The van der Waals surface area contributed by atoms with Crippen molar-refractivity contribution in [3.63, 3.8) is 0 Å². The molecule has 19 heavy (non-hydrogen) atoms. The molecule has 2 aromatic heterocycles. The molecule has 0 aromatic carbocycles. The van der Waals surface area contributed by atoms with Gasteiger partial charge in [-0.3, -0.25) is 0 Å². The summed E-state index contributed by atoms with van der Waals surface area (Å²) in [5.74, 6) is 0.164. The highest BCUT2D eigenvalue weighted by atomic mass is 35.5. The molecule has 0 saturated heterocycles. The van der Waals surface area contributed by atoms with Gasteiger partial charge in [0.2, 0.25) is 0 Å². The number of aromatic nitrogens is 3. The minimum absolute atomic E-state index is 0.164. The predicted molar refractivity (Wildman–Crippen MR) is 64.1 cm³/mol. The first-order chi connectivity index (χ1) is 8.91. The maximum atomic E-state index is 12.4. The van der Waals surface area contributed by atoms with Crippen molar-refractivity contribution in [1.82, 2.24) is 20.1 Å². The van der Waals surface area contributed by atoms with Crippen LogP contribution in [0.5, 0.6) is 0 Å². The molecule has 1 N–H and O–H groups in total. The van der Waals surface area contributed by atoms with Crippen molar-refractivity contribution >= 4 is 11.6 Å². The maximum absolute atomic E-state index is 12.4. The van der Waals surface area contributed by atoms with Gasteiger partial charge in [-0.05, 0) is 24.7 Å². The van der Waals surface area contributed by atoms with E-state index >= 15 is 0 Å². The van der Waals surface area contributed by atoms with Gasteiger partial charge in [-0.2, -0.15) is 18.3 Å². The van der Waals surface area contributed by atoms with Gasteiger partial charge in [-0.1, -0.05) is 11.6 Å². The van der Waals surface area contributed by atoms with Gasteiger partial charge >= 0.3 is 6.18 Å². The fourth-order valence-corrected chi connectivity index (χ4v) is 1.81. The summed E-state index contributed by atoms with van der Waals surface area (Å²) < 4.78 is 38.3. The molecule has 0 aliphatic carbocycles. The Morgan fingerprint density at radius 3 is 2.68 bits per heavy atom. The molecule has 0 bridgehead atoms. The molecule has 4 nitrogen and oxygen atoms in total. The van der Waals surface area contributed by atoms with Crippen LogP contribution < -0.4 is 5.32 Å². The lowest BCUT2D eigenvalue weighted by atomic mass is 10.3. The Hall–Kier alpha value is -1.60. The number of pyridine rings is 1. The summed E-state index contributed by atoms with van der Waals surface area (Å²) in [6.07, 6.45) is -1.77. The lowest BCUT2D eigenvalue weighted by Crippen LogP contribution is -2.09. The van der Waals surface area contributed by atoms with Gasteiger partial charge in [0.1, 0.15) is 0 Å². The highest BCUT2D eigenvalue weighted by molar-refractivity contribution is 6.32. The first-order valence-corrected chi connectivity index (χ1v) is 5.72. The smallest absolute Gasteiger partial charge is 0.316 e. The summed E-state index contributed by atoms with van der Waals surface area (Å²) >= 11 is 5.99. The van der Waals surface area contributed by atoms with E-state index in [-0.39, 0.29) is 10.8 Å². The molecule has 0 unspecified atom stereocenters. The number of nitrogens with one attached hydrogen (secondary N) is 1. The number of hydrogen-bond acceptors (Lipinski definition) is 3. The number of hydrogen-bond donors (Lipinski definition) is 1. The van der Waals surface area contributed by atoms with E-state index in [4.69, 9.17) is 11.6 Å². The largest absolute Gasteiger partial charge is 0.435 e. The van der Waals surface area contributed by atoms with Gasteiger partial charge in [0.25, 0.3) is 0 Å². The molecular formula is C11H10ClF3N4. The van der Waals surface area contributed by atoms with Crippen LogP contribution in [0.1, 0.15) is 11.3 Å². The average molecular weight is 291 g/mol. The van der Waals surface area contributed by atoms with Gasteiger partial charge in [0, 0.05) is 18.9 Å². The minimum atomic E-state index is -4.48. The van der Waals surface area contributed by atoms with Crippen LogP contribution in [-0.4, -0.2) is 21.8 Å². The molecule has 2 heterocycles. The second-order valence-electron chi connectivity index (χ2n) is 3.82. The fraction of sp³-hybridized carbons (Fsp3) is 0.273. The summed E-state index contributed by atoms with van der Waals surface area (Å²) in [5.41, 5.74) is -0.149. The van der Waals surface area contributed by atoms with Crippen LogP contribution in [0.25, 0.3) is 5.82 Å². The van der Waals surface area contributed by atoms with E-state index in [9.17, 15) is 13.2 Å². The predicted octanol–water partition coefficient (Wildman–Crippen LogP) is 2.66. The standard InChI is InChI=1S/C11H10ClF3N4/c1-16-5-7-4-8(12)10(17-6-7)19-3-2-9(18-19)11(13,14)15/h2-4,6,16H,5H2,1H3. The molecule has 0 saturated carbocycles. The van der Waals surface area contributed by atoms with Crippen molar-refractivity contribution in [3.05, 3.63) is 40.8 Å². The number of halogens is 4. The third-order valence-electron chi connectivity index (χ3n) is 2.36. The van der Waals surface area contributed by atoms with Crippen LogP contribution in [0.2, 0.25) is 5.02 Å². The van der Waals surface area contributed by atoms with Gasteiger partial charge < -0.3 is 5.32 Å². The van der Waals surface area contributed by atoms with Crippen LogP contribution in [0.3, 0.4) is 0 Å². The normalized spacial score (nSPS) is 11.8. The van der Waals surface area contributed by atoms with Crippen molar-refractivity contribution in [3.8, 4) is 5.82 Å². The quantitative estimate of drug-likeness (QED) is 0.945. The maximum Gasteiger partial charge on any atom is 0.435 e. The molecule has 0 atom stereocenters. The molecule has 102 valence electrons. The molecule has 0 aliphatic rings. The monoisotopic (exact) mass is 290 g/mol. The average Bonchev–Trinajstić information content (AvgIpc) is 2.78. The summed E-state index contributed by atoms with van der Waals surface area (Å²) in [4.78, 5) is 4.02. The zero-order chi connectivity index (χ0) is 14.0. The molecule has 2 aromatic rings. The molecule has 0 aliphatic heterocycles. The first kappa shape index (κ1) is 13.8. The van der Waals surface area contributed by atoms with Crippen molar-refractivity contribution in [2.75, 3.05) is 7.05 Å². The minimum Gasteiger partial charge on any atom is -0.316 e. The van der Waals surface area contributed by atoms with E-state index in [0.29, 0.717) is 6.54 Å². The van der Waals surface area contributed by atoms with Crippen LogP contribution in [-0.2, 0) is 12.7 Å². The summed E-state index contributed by atoms with van der Waals surface area (Å²) in [5, 5.41) is 6.58. The Balaban J connectivity index is 2.34. The zero-order valence-electron chi connectivity index (χ0n) is 9.87. The second-order valence-corrected chi connectivity index (χ2v) is 4.23. The zero-order valence-corrected chi connectivity index (χ0v) is 10.6. The molecule has 0 fully saturated rings. The molecule has 2 rings (SSSR count). The highest BCUT2D eigenvalue weighted by Crippen LogP contribution is 2.28. The van der Waals surface area contributed by atoms with E-state index < -0.39 is 11.9 Å². The lowest BCUT2D eigenvalue weighted by Gasteiger charge is -2.06. The van der Waals surface area contributed by atoms with E-state index in [1.807, 2.05) is 0 Å². The summed E-state index contributed by atoms with van der Waals surface area (Å²) in [6, 6.07) is 2.51. The van der Waals surface area contributed by atoms with Crippen LogP contribution in [0.4, 0.5) is 13.2 Å². The Bertz CT molecular complexity index is 580. The van der Waals surface area contributed by atoms with Crippen LogP contribution in [0, 0.1) is 0 Å². The lowest BCUT2D eigenvalue weighted by molar-refractivity contribution is -0.141. The van der Waals surface area contributed by atoms with E-state index in [1.54, 1.807) is 13.1 Å². The molecule has 0 radical (unpaired) electrons. The van der Waals surface area contributed by atoms with Crippen LogP contribution >= 0.6 is 11.6 Å². The Kier molecular flexibility index (Phi) is 3.77. The van der Waals surface area contributed by atoms with E-state index in [0.717, 1.165) is 16.3 Å². The van der Waals surface area contributed by atoms with Gasteiger partial charge in [-0.25, -0.2) is 9.67 Å². The van der Waals surface area contributed by atoms with E-state index in [2.05, 4.69) is 15.4 Å². The van der Waals surface area contributed by atoms with Crippen molar-refractivity contribution in [2.24, 2.45) is 0 Å². The van der Waals surface area contributed by atoms with Gasteiger partial charge in [0.05, 0.1) is 5.02 Å². The number of nitrogens with zero attached hydrogens (tertiary/aromatic N) is 3. The third kappa shape index (κ3) is 3.05. The molecule has 0 spiro atoms. The second kappa shape index (κ2) is 5.18. The Morgan fingerprint density at radius 2 is 2.16 bits per heavy atom. The van der Waals surface area contributed by atoms with Crippen molar-refractivity contribution in [2.45, 2.75) is 12.7 Å². The Labute approximate surface area is 112 Å². The van der Waals surface area contributed by atoms with Gasteiger partial charge in [0.15, 0.2) is 11.5 Å². The third-order valence-corrected chi connectivity index (χ3v) is 2.63. The number of rotatable bonds is 3. The molecular weight excluding hydrogens is 281 g/mol. The fourth-order valence-electron chi connectivity index (χ4n) is 1.53. The van der Waals surface area contributed by atoms with Crippen LogP contribution in [0.15, 0.2) is 24.5 Å². The van der Waals surface area contributed by atoms with Gasteiger partial charge in [-0.15, -0.1) is 0 Å². The highest BCUT2D eigenvalue weighted by Gasteiger charge is 2.33. The summed E-state index contributed by atoms with van der Waals surface area (Å²) in [6.45, 7) is 0.569.